The smallest absolute Gasteiger partial charge is 0.238 e. The molecule has 0 aliphatic heterocycles. The second-order valence-electron chi connectivity index (χ2n) is 2.60. The number of hydrogen-bond donors (Lipinski definition) is 1. The fourth-order valence-electron chi connectivity index (χ4n) is 1.02. The molecule has 0 aliphatic rings. The number of rotatable bonds is 3. The van der Waals surface area contributed by atoms with Crippen molar-refractivity contribution in [2.75, 3.05) is 6.67 Å². The molecule has 0 atom stereocenters. The first-order chi connectivity index (χ1) is 6.46. The van der Waals surface area contributed by atoms with Gasteiger partial charge in [-0.25, -0.2) is 17.9 Å². The molecule has 14 heavy (non-hydrogen) atoms. The zero-order chi connectivity index (χ0) is 10.8. The molecule has 0 fully saturated rings. The average Bonchev–Trinajstić information content (AvgIpc) is 2.15. The van der Waals surface area contributed by atoms with E-state index >= 15 is 0 Å². The fraction of sp³-hybridized carbons (Fsp3) is 0.125. The highest BCUT2D eigenvalue weighted by Gasteiger charge is 2.17. The predicted octanol–water partition coefficient (Wildman–Crippen LogP) is 0.486. The molecule has 76 valence electrons. The Kier molecular flexibility index (Phi) is 2.97. The van der Waals surface area contributed by atoms with Crippen molar-refractivity contribution in [3.8, 4) is 0 Å². The molecule has 0 aromatic heterocycles. The maximum atomic E-state index is 12.1. The molecule has 0 heterocycles. The molecule has 0 saturated carbocycles. The number of sulfonamides is 1. The molecule has 0 unspecified atom stereocenters. The molecule has 6 heteroatoms. The van der Waals surface area contributed by atoms with Crippen molar-refractivity contribution in [3.63, 3.8) is 0 Å². The van der Waals surface area contributed by atoms with Crippen LogP contribution in [0.2, 0.25) is 0 Å². The Morgan fingerprint density at radius 1 is 1.36 bits per heavy atom. The Balaban J connectivity index is 3.38. The average molecular weight is 217 g/mol. The minimum atomic E-state index is -3.98. The molecule has 1 aromatic rings. The number of Topliss-reactive ketones (excluding diaryl/α,β-unsaturated/α-hetero) is 1. The van der Waals surface area contributed by atoms with E-state index < -0.39 is 22.5 Å². The lowest BCUT2D eigenvalue weighted by Gasteiger charge is -2.03. The first kappa shape index (κ1) is 10.8. The highest BCUT2D eigenvalue weighted by Crippen LogP contribution is 2.14. The molecule has 0 saturated heterocycles. The van der Waals surface area contributed by atoms with Gasteiger partial charge in [0, 0.05) is 5.56 Å². The van der Waals surface area contributed by atoms with Crippen molar-refractivity contribution in [2.24, 2.45) is 5.14 Å². The van der Waals surface area contributed by atoms with Gasteiger partial charge in [0.1, 0.15) is 0 Å². The van der Waals surface area contributed by atoms with Crippen LogP contribution in [-0.4, -0.2) is 20.9 Å². The van der Waals surface area contributed by atoms with Crippen LogP contribution >= 0.6 is 0 Å². The summed E-state index contributed by atoms with van der Waals surface area (Å²) in [6, 6.07) is 5.24. The minimum absolute atomic E-state index is 0.211. The quantitative estimate of drug-likeness (QED) is 0.748. The summed E-state index contributed by atoms with van der Waals surface area (Å²) in [7, 11) is -3.98. The van der Waals surface area contributed by atoms with Gasteiger partial charge in [-0.3, -0.25) is 4.79 Å². The minimum Gasteiger partial charge on any atom is -0.291 e. The first-order valence-electron chi connectivity index (χ1n) is 3.68. The van der Waals surface area contributed by atoms with Crippen LogP contribution < -0.4 is 5.14 Å². The number of nitrogens with two attached hydrogens (primary N) is 1. The van der Waals surface area contributed by atoms with E-state index in [1.54, 1.807) is 0 Å². The third-order valence-corrected chi connectivity index (χ3v) is 2.58. The SMILES string of the molecule is NS(=O)(=O)c1ccccc1C(=O)CF. The van der Waals surface area contributed by atoms with Crippen LogP contribution in [0.1, 0.15) is 10.4 Å². The van der Waals surface area contributed by atoms with Crippen LogP contribution in [0, 0.1) is 0 Å². The van der Waals surface area contributed by atoms with E-state index in [-0.39, 0.29) is 10.5 Å². The van der Waals surface area contributed by atoms with Crippen molar-refractivity contribution in [3.05, 3.63) is 29.8 Å². The molecule has 0 amide bonds. The molecule has 0 spiro atoms. The van der Waals surface area contributed by atoms with Gasteiger partial charge in [-0.1, -0.05) is 12.1 Å². The van der Waals surface area contributed by atoms with Crippen LogP contribution in [0.3, 0.4) is 0 Å². The molecule has 1 rings (SSSR count). The normalized spacial score (nSPS) is 11.3. The molecule has 0 aliphatic carbocycles. The van der Waals surface area contributed by atoms with E-state index in [0.717, 1.165) is 6.07 Å². The summed E-state index contributed by atoms with van der Waals surface area (Å²) in [5.41, 5.74) is -0.211. The lowest BCUT2D eigenvalue weighted by molar-refractivity contribution is 0.0955. The lowest BCUT2D eigenvalue weighted by atomic mass is 10.1. The molecular weight excluding hydrogens is 209 g/mol. The fourth-order valence-corrected chi connectivity index (χ4v) is 1.77. The Labute approximate surface area is 80.6 Å². The van der Waals surface area contributed by atoms with E-state index in [4.69, 9.17) is 5.14 Å². The van der Waals surface area contributed by atoms with E-state index in [0.29, 0.717) is 0 Å². The van der Waals surface area contributed by atoms with Crippen molar-refractivity contribution in [2.45, 2.75) is 4.90 Å². The standard InChI is InChI=1S/C8H8FNO3S/c9-5-7(11)6-3-1-2-4-8(6)14(10,12)13/h1-4H,5H2,(H2,10,12,13). The second kappa shape index (κ2) is 3.85. The van der Waals surface area contributed by atoms with E-state index in [9.17, 15) is 17.6 Å². The van der Waals surface area contributed by atoms with E-state index in [1.807, 2.05) is 0 Å². The highest BCUT2D eigenvalue weighted by atomic mass is 32.2. The van der Waals surface area contributed by atoms with Crippen LogP contribution in [0.25, 0.3) is 0 Å². The van der Waals surface area contributed by atoms with Gasteiger partial charge >= 0.3 is 0 Å². The van der Waals surface area contributed by atoms with Crippen molar-refractivity contribution in [1.29, 1.82) is 0 Å². The molecular formula is C8H8FNO3S. The third kappa shape index (κ3) is 2.15. The molecule has 0 radical (unpaired) electrons. The summed E-state index contributed by atoms with van der Waals surface area (Å²) >= 11 is 0. The van der Waals surface area contributed by atoms with Crippen molar-refractivity contribution in [1.82, 2.24) is 0 Å². The van der Waals surface area contributed by atoms with Gasteiger partial charge < -0.3 is 0 Å². The van der Waals surface area contributed by atoms with Crippen LogP contribution in [-0.2, 0) is 10.0 Å². The lowest BCUT2D eigenvalue weighted by Crippen LogP contribution is -2.17. The molecule has 4 nitrogen and oxygen atoms in total. The summed E-state index contributed by atoms with van der Waals surface area (Å²) in [6.07, 6.45) is 0. The Bertz CT molecular complexity index is 455. The Morgan fingerprint density at radius 2 is 1.93 bits per heavy atom. The maximum absolute atomic E-state index is 12.1. The molecule has 2 N–H and O–H groups in total. The predicted molar refractivity (Wildman–Crippen MR) is 48.1 cm³/mol. The number of benzene rings is 1. The number of carbonyl (C=O) groups is 1. The van der Waals surface area contributed by atoms with Gasteiger partial charge in [0.25, 0.3) is 0 Å². The summed E-state index contributed by atoms with van der Waals surface area (Å²) in [4.78, 5) is 10.6. The molecule has 1 aromatic carbocycles. The topological polar surface area (TPSA) is 77.2 Å². The zero-order valence-electron chi connectivity index (χ0n) is 7.10. The van der Waals surface area contributed by atoms with E-state index in [1.165, 1.54) is 18.2 Å². The zero-order valence-corrected chi connectivity index (χ0v) is 7.92. The Morgan fingerprint density at radius 3 is 2.43 bits per heavy atom. The monoisotopic (exact) mass is 217 g/mol. The van der Waals surface area contributed by atoms with Crippen LogP contribution in [0.4, 0.5) is 4.39 Å². The summed E-state index contributed by atoms with van der Waals surface area (Å²) < 4.78 is 34.0. The number of halogens is 1. The number of carbonyl (C=O) groups excluding carboxylic acids is 1. The van der Waals surface area contributed by atoms with Crippen LogP contribution in [0.15, 0.2) is 29.2 Å². The van der Waals surface area contributed by atoms with Gasteiger partial charge in [0.15, 0.2) is 12.5 Å². The maximum Gasteiger partial charge on any atom is 0.238 e. The molecule has 0 bridgehead atoms. The van der Waals surface area contributed by atoms with Crippen molar-refractivity contribution >= 4 is 15.8 Å². The number of hydrogen-bond acceptors (Lipinski definition) is 3. The third-order valence-electron chi connectivity index (χ3n) is 1.62. The van der Waals surface area contributed by atoms with Crippen molar-refractivity contribution < 1.29 is 17.6 Å². The number of alkyl halides is 1. The summed E-state index contributed by atoms with van der Waals surface area (Å²) in [5.74, 6) is -0.894. The van der Waals surface area contributed by atoms with Gasteiger partial charge in [-0.2, -0.15) is 0 Å². The summed E-state index contributed by atoms with van der Waals surface area (Å²) in [5, 5.41) is 4.85. The van der Waals surface area contributed by atoms with Gasteiger partial charge in [-0.05, 0) is 12.1 Å². The first-order valence-corrected chi connectivity index (χ1v) is 5.22. The second-order valence-corrected chi connectivity index (χ2v) is 4.13. The van der Waals surface area contributed by atoms with Crippen LogP contribution in [0.5, 0.6) is 0 Å². The van der Waals surface area contributed by atoms with Gasteiger partial charge in [0.2, 0.25) is 10.0 Å². The van der Waals surface area contributed by atoms with Gasteiger partial charge in [0.05, 0.1) is 4.90 Å². The largest absolute Gasteiger partial charge is 0.291 e. The highest BCUT2D eigenvalue weighted by molar-refractivity contribution is 7.89. The number of primary sulfonamides is 1. The Hall–Kier alpha value is -1.27. The number of ketones is 1. The summed E-state index contributed by atoms with van der Waals surface area (Å²) in [6.45, 7) is -1.24. The van der Waals surface area contributed by atoms with E-state index in [2.05, 4.69) is 0 Å². The van der Waals surface area contributed by atoms with Gasteiger partial charge in [-0.15, -0.1) is 0 Å².